The molecule has 0 unspecified atom stereocenters. The summed E-state index contributed by atoms with van der Waals surface area (Å²) in [6.45, 7) is 1.92. The molecular formula is C11H19N5O3. The van der Waals surface area contributed by atoms with Gasteiger partial charge in [-0.3, -0.25) is 0 Å². The first-order valence-electron chi connectivity index (χ1n) is 5.83. The Kier molecular flexibility index (Phi) is 5.28. The SMILES string of the molecule is CCOC(=O)OCc1nc(N(C)C)nc(N(C)C)n1. The molecule has 0 aliphatic rings. The molecule has 0 aliphatic carbocycles. The zero-order chi connectivity index (χ0) is 14.4. The molecule has 0 N–H and O–H groups in total. The summed E-state index contributed by atoms with van der Waals surface area (Å²) in [4.78, 5) is 27.3. The van der Waals surface area contributed by atoms with E-state index in [-0.39, 0.29) is 13.2 Å². The van der Waals surface area contributed by atoms with Crippen LogP contribution in [0.1, 0.15) is 12.7 Å². The van der Waals surface area contributed by atoms with Crippen LogP contribution in [0.2, 0.25) is 0 Å². The van der Waals surface area contributed by atoms with Gasteiger partial charge in [-0.1, -0.05) is 0 Å². The van der Waals surface area contributed by atoms with Gasteiger partial charge in [-0.15, -0.1) is 0 Å². The minimum absolute atomic E-state index is 0.0525. The molecule has 0 atom stereocenters. The standard InChI is InChI=1S/C11H19N5O3/c1-6-18-11(17)19-7-8-12-9(15(2)3)14-10(13-8)16(4)5/h6-7H2,1-5H3. The van der Waals surface area contributed by atoms with Crippen LogP contribution in [0.4, 0.5) is 16.7 Å². The molecule has 1 aromatic heterocycles. The lowest BCUT2D eigenvalue weighted by molar-refractivity contribution is 0.0518. The highest BCUT2D eigenvalue weighted by Gasteiger charge is 2.11. The molecular weight excluding hydrogens is 250 g/mol. The molecule has 0 saturated carbocycles. The highest BCUT2D eigenvalue weighted by Crippen LogP contribution is 2.11. The maximum atomic E-state index is 11.1. The van der Waals surface area contributed by atoms with Crippen molar-refractivity contribution in [1.29, 1.82) is 0 Å². The zero-order valence-electron chi connectivity index (χ0n) is 11.9. The Labute approximate surface area is 112 Å². The smallest absolute Gasteiger partial charge is 0.435 e. The van der Waals surface area contributed by atoms with Crippen molar-refractivity contribution in [3.8, 4) is 0 Å². The van der Waals surface area contributed by atoms with Crippen molar-refractivity contribution in [2.45, 2.75) is 13.5 Å². The minimum atomic E-state index is -0.735. The predicted molar refractivity (Wildman–Crippen MR) is 70.3 cm³/mol. The molecule has 19 heavy (non-hydrogen) atoms. The highest BCUT2D eigenvalue weighted by atomic mass is 16.7. The Hall–Kier alpha value is -2.12. The summed E-state index contributed by atoms with van der Waals surface area (Å²) in [5.41, 5.74) is 0. The van der Waals surface area contributed by atoms with E-state index < -0.39 is 6.16 Å². The molecule has 0 fully saturated rings. The molecule has 1 aromatic rings. The topological polar surface area (TPSA) is 80.7 Å². The first-order valence-corrected chi connectivity index (χ1v) is 5.83. The molecule has 8 nitrogen and oxygen atoms in total. The van der Waals surface area contributed by atoms with Crippen molar-refractivity contribution in [3.63, 3.8) is 0 Å². The van der Waals surface area contributed by atoms with E-state index in [0.29, 0.717) is 17.7 Å². The minimum Gasteiger partial charge on any atom is -0.435 e. The summed E-state index contributed by atoms with van der Waals surface area (Å²) in [6, 6.07) is 0. The van der Waals surface area contributed by atoms with Crippen LogP contribution in [0.15, 0.2) is 0 Å². The summed E-state index contributed by atoms with van der Waals surface area (Å²) in [6.07, 6.45) is -0.735. The van der Waals surface area contributed by atoms with Crippen LogP contribution in [0.5, 0.6) is 0 Å². The van der Waals surface area contributed by atoms with E-state index in [1.807, 2.05) is 28.2 Å². The van der Waals surface area contributed by atoms with Crippen molar-refractivity contribution in [3.05, 3.63) is 5.82 Å². The van der Waals surface area contributed by atoms with Gasteiger partial charge in [0.2, 0.25) is 11.9 Å². The van der Waals surface area contributed by atoms with E-state index >= 15 is 0 Å². The number of hydrogen-bond acceptors (Lipinski definition) is 8. The van der Waals surface area contributed by atoms with Crippen LogP contribution in [-0.2, 0) is 16.1 Å². The first kappa shape index (κ1) is 14.9. The average molecular weight is 269 g/mol. The van der Waals surface area contributed by atoms with E-state index in [1.165, 1.54) is 0 Å². The second-order valence-corrected chi connectivity index (χ2v) is 4.11. The maximum Gasteiger partial charge on any atom is 0.508 e. The van der Waals surface area contributed by atoms with Gasteiger partial charge in [0.15, 0.2) is 12.4 Å². The molecule has 0 amide bonds. The van der Waals surface area contributed by atoms with Crippen molar-refractivity contribution in [2.24, 2.45) is 0 Å². The fraction of sp³-hybridized carbons (Fsp3) is 0.636. The Morgan fingerprint density at radius 1 is 1.00 bits per heavy atom. The number of hydrogen-bond donors (Lipinski definition) is 0. The Balaban J connectivity index is 2.84. The largest absolute Gasteiger partial charge is 0.508 e. The van der Waals surface area contributed by atoms with Gasteiger partial charge in [0.25, 0.3) is 0 Å². The van der Waals surface area contributed by atoms with Gasteiger partial charge in [0.05, 0.1) is 6.61 Å². The van der Waals surface area contributed by atoms with E-state index in [0.717, 1.165) is 0 Å². The fourth-order valence-electron chi connectivity index (χ4n) is 1.14. The van der Waals surface area contributed by atoms with E-state index in [1.54, 1.807) is 16.7 Å². The van der Waals surface area contributed by atoms with Crippen LogP contribution in [0.3, 0.4) is 0 Å². The first-order chi connectivity index (χ1) is 8.93. The van der Waals surface area contributed by atoms with Gasteiger partial charge in [-0.25, -0.2) is 4.79 Å². The number of aromatic nitrogens is 3. The second kappa shape index (κ2) is 6.72. The number of nitrogens with zero attached hydrogens (tertiary/aromatic N) is 5. The monoisotopic (exact) mass is 269 g/mol. The molecule has 0 spiro atoms. The zero-order valence-corrected chi connectivity index (χ0v) is 11.9. The van der Waals surface area contributed by atoms with Crippen LogP contribution < -0.4 is 9.80 Å². The van der Waals surface area contributed by atoms with E-state index in [9.17, 15) is 4.79 Å². The molecule has 0 aromatic carbocycles. The van der Waals surface area contributed by atoms with E-state index in [4.69, 9.17) is 4.74 Å². The van der Waals surface area contributed by atoms with Gasteiger partial charge in [0.1, 0.15) is 0 Å². The summed E-state index contributed by atoms with van der Waals surface area (Å²) in [5, 5.41) is 0. The number of carbonyl (C=O) groups is 1. The van der Waals surface area contributed by atoms with Crippen molar-refractivity contribution < 1.29 is 14.3 Å². The third-order valence-electron chi connectivity index (χ3n) is 2.04. The summed E-state index contributed by atoms with van der Waals surface area (Å²) in [5.74, 6) is 1.37. The fourth-order valence-corrected chi connectivity index (χ4v) is 1.14. The number of rotatable bonds is 5. The normalized spacial score (nSPS) is 9.95. The molecule has 1 heterocycles. The molecule has 0 saturated heterocycles. The number of carbonyl (C=O) groups excluding carboxylic acids is 1. The van der Waals surface area contributed by atoms with Gasteiger partial charge in [-0.2, -0.15) is 15.0 Å². The molecule has 106 valence electrons. The second-order valence-electron chi connectivity index (χ2n) is 4.11. The van der Waals surface area contributed by atoms with Crippen LogP contribution in [0.25, 0.3) is 0 Å². The van der Waals surface area contributed by atoms with Gasteiger partial charge >= 0.3 is 6.16 Å². The molecule has 8 heteroatoms. The van der Waals surface area contributed by atoms with Crippen molar-refractivity contribution in [2.75, 3.05) is 44.6 Å². The predicted octanol–water partition coefficient (Wildman–Crippen LogP) is 0.677. The summed E-state index contributed by atoms with van der Waals surface area (Å²) >= 11 is 0. The summed E-state index contributed by atoms with van der Waals surface area (Å²) in [7, 11) is 7.30. The number of anilines is 2. The van der Waals surface area contributed by atoms with Crippen LogP contribution in [-0.4, -0.2) is 55.9 Å². The highest BCUT2D eigenvalue weighted by molar-refractivity contribution is 5.59. The van der Waals surface area contributed by atoms with Crippen molar-refractivity contribution >= 4 is 18.1 Å². The third kappa shape index (κ3) is 4.57. The van der Waals surface area contributed by atoms with Crippen LogP contribution >= 0.6 is 0 Å². The Bertz CT molecular complexity index is 410. The number of ether oxygens (including phenoxy) is 2. The van der Waals surface area contributed by atoms with Crippen molar-refractivity contribution in [1.82, 2.24) is 15.0 Å². The lowest BCUT2D eigenvalue weighted by Gasteiger charge is -2.16. The molecule has 0 bridgehead atoms. The van der Waals surface area contributed by atoms with Gasteiger partial charge < -0.3 is 19.3 Å². The third-order valence-corrected chi connectivity index (χ3v) is 2.04. The Morgan fingerprint density at radius 3 is 1.95 bits per heavy atom. The van der Waals surface area contributed by atoms with E-state index in [2.05, 4.69) is 19.7 Å². The molecule has 1 rings (SSSR count). The van der Waals surface area contributed by atoms with Gasteiger partial charge in [-0.05, 0) is 6.92 Å². The molecule has 0 radical (unpaired) electrons. The van der Waals surface area contributed by atoms with Gasteiger partial charge in [0, 0.05) is 28.2 Å². The maximum absolute atomic E-state index is 11.1. The lowest BCUT2D eigenvalue weighted by atomic mass is 10.6. The lowest BCUT2D eigenvalue weighted by Crippen LogP contribution is -2.20. The summed E-state index contributed by atoms with van der Waals surface area (Å²) < 4.78 is 9.55. The van der Waals surface area contributed by atoms with Crippen LogP contribution in [0, 0.1) is 0 Å². The Morgan fingerprint density at radius 2 is 1.53 bits per heavy atom. The average Bonchev–Trinajstić information content (AvgIpc) is 2.36. The molecule has 0 aliphatic heterocycles. The quantitative estimate of drug-likeness (QED) is 0.722.